The van der Waals surface area contributed by atoms with Gasteiger partial charge in [0.05, 0.1) is 18.8 Å². The van der Waals surface area contributed by atoms with Gasteiger partial charge < -0.3 is 20.9 Å². The predicted octanol–water partition coefficient (Wildman–Crippen LogP) is 1.70. The van der Waals surface area contributed by atoms with Crippen molar-refractivity contribution in [2.24, 2.45) is 0 Å². The first kappa shape index (κ1) is 14.7. The largest absolute Gasteiger partial charge is 0.493 e. The summed E-state index contributed by atoms with van der Waals surface area (Å²) in [7, 11) is 0. The fraction of sp³-hybridized carbons (Fsp3) is 0.533. The van der Waals surface area contributed by atoms with Crippen LogP contribution in [-0.4, -0.2) is 29.8 Å². The van der Waals surface area contributed by atoms with E-state index in [1.807, 2.05) is 6.92 Å². The number of carbonyl (C=O) groups is 1. The van der Waals surface area contributed by atoms with Crippen LogP contribution in [-0.2, 0) is 0 Å². The smallest absolute Gasteiger partial charge is 0.257 e. The zero-order chi connectivity index (χ0) is 14.5. The Morgan fingerprint density at radius 1 is 1.45 bits per heavy atom. The number of aliphatic hydroxyl groups is 1. The molecule has 1 aliphatic carbocycles. The molecule has 0 saturated heterocycles. The number of hydrogen-bond acceptors (Lipinski definition) is 4. The highest BCUT2D eigenvalue weighted by atomic mass is 16.5. The Hall–Kier alpha value is -1.75. The normalized spacial score (nSPS) is 22.3. The highest BCUT2D eigenvalue weighted by Gasteiger charge is 2.26. The minimum absolute atomic E-state index is 0.203. The highest BCUT2D eigenvalue weighted by molar-refractivity contribution is 6.02. The van der Waals surface area contributed by atoms with Crippen molar-refractivity contribution in [3.05, 3.63) is 23.8 Å². The Kier molecular flexibility index (Phi) is 4.84. The van der Waals surface area contributed by atoms with Gasteiger partial charge in [0.1, 0.15) is 11.3 Å². The van der Waals surface area contributed by atoms with Crippen LogP contribution in [0.5, 0.6) is 5.75 Å². The number of nitrogen functional groups attached to an aromatic ring is 1. The molecule has 110 valence electrons. The van der Waals surface area contributed by atoms with E-state index in [1.54, 1.807) is 18.2 Å². The SMILES string of the molecule is CCOc1cccc(N)c1C(=O)N[C@@H]1CCCC[C@H]1O. The second kappa shape index (κ2) is 6.61. The average molecular weight is 278 g/mol. The van der Waals surface area contributed by atoms with Crippen LogP contribution in [0.15, 0.2) is 18.2 Å². The molecule has 0 radical (unpaired) electrons. The molecule has 1 amide bonds. The Morgan fingerprint density at radius 2 is 2.20 bits per heavy atom. The second-order valence-corrected chi connectivity index (χ2v) is 5.09. The van der Waals surface area contributed by atoms with Gasteiger partial charge in [0.2, 0.25) is 0 Å². The van der Waals surface area contributed by atoms with Crippen LogP contribution in [0.25, 0.3) is 0 Å². The molecule has 0 aliphatic heterocycles. The van der Waals surface area contributed by atoms with Gasteiger partial charge in [-0.25, -0.2) is 0 Å². The van der Waals surface area contributed by atoms with E-state index >= 15 is 0 Å². The van der Waals surface area contributed by atoms with Gasteiger partial charge >= 0.3 is 0 Å². The van der Waals surface area contributed by atoms with E-state index in [9.17, 15) is 9.90 Å². The van der Waals surface area contributed by atoms with Crippen molar-refractivity contribution in [3.63, 3.8) is 0 Å². The summed E-state index contributed by atoms with van der Waals surface area (Å²) in [6, 6.07) is 4.96. The van der Waals surface area contributed by atoms with E-state index < -0.39 is 6.10 Å². The minimum Gasteiger partial charge on any atom is -0.493 e. The van der Waals surface area contributed by atoms with Gasteiger partial charge in [0.15, 0.2) is 0 Å². The maximum atomic E-state index is 12.4. The molecule has 0 bridgehead atoms. The number of benzene rings is 1. The van der Waals surface area contributed by atoms with Crippen molar-refractivity contribution in [3.8, 4) is 5.75 Å². The fourth-order valence-corrected chi connectivity index (χ4v) is 2.59. The lowest BCUT2D eigenvalue weighted by Crippen LogP contribution is -2.45. The second-order valence-electron chi connectivity index (χ2n) is 5.09. The summed E-state index contributed by atoms with van der Waals surface area (Å²) in [5, 5.41) is 12.8. The van der Waals surface area contributed by atoms with Crippen LogP contribution >= 0.6 is 0 Å². The summed E-state index contributed by atoms with van der Waals surface area (Å²) < 4.78 is 5.45. The summed E-state index contributed by atoms with van der Waals surface area (Å²) in [5.74, 6) is 0.202. The Labute approximate surface area is 119 Å². The third-order valence-electron chi connectivity index (χ3n) is 3.63. The number of nitrogens with two attached hydrogens (primary N) is 1. The molecule has 1 aliphatic rings. The fourth-order valence-electron chi connectivity index (χ4n) is 2.59. The monoisotopic (exact) mass is 278 g/mol. The molecule has 0 aromatic heterocycles. The van der Waals surface area contributed by atoms with E-state index in [4.69, 9.17) is 10.5 Å². The van der Waals surface area contributed by atoms with Crippen LogP contribution in [0.3, 0.4) is 0 Å². The quantitative estimate of drug-likeness (QED) is 0.732. The third-order valence-corrected chi connectivity index (χ3v) is 3.63. The molecule has 1 aromatic carbocycles. The molecule has 4 N–H and O–H groups in total. The number of carbonyl (C=O) groups excluding carboxylic acids is 1. The first-order valence-corrected chi connectivity index (χ1v) is 7.13. The topological polar surface area (TPSA) is 84.6 Å². The van der Waals surface area contributed by atoms with Crippen LogP contribution in [0, 0.1) is 0 Å². The number of ether oxygens (including phenoxy) is 1. The standard InChI is InChI=1S/C15H22N2O3/c1-2-20-13-9-5-6-10(16)14(13)15(19)17-11-7-3-4-8-12(11)18/h5-6,9,11-12,18H,2-4,7-8,16H2,1H3,(H,17,19)/t11-,12-/m1/s1. The average Bonchev–Trinajstić information content (AvgIpc) is 2.42. The minimum atomic E-state index is -0.479. The zero-order valence-corrected chi connectivity index (χ0v) is 11.8. The number of rotatable bonds is 4. The van der Waals surface area contributed by atoms with Gasteiger partial charge in [-0.05, 0) is 31.9 Å². The number of aliphatic hydroxyl groups excluding tert-OH is 1. The van der Waals surface area contributed by atoms with E-state index in [1.165, 1.54) is 0 Å². The molecule has 20 heavy (non-hydrogen) atoms. The summed E-state index contributed by atoms with van der Waals surface area (Å²) in [5.41, 5.74) is 6.63. The highest BCUT2D eigenvalue weighted by Crippen LogP contribution is 2.25. The van der Waals surface area contributed by atoms with Crippen molar-refractivity contribution in [2.75, 3.05) is 12.3 Å². The lowest BCUT2D eigenvalue weighted by molar-refractivity contribution is 0.0715. The van der Waals surface area contributed by atoms with E-state index in [-0.39, 0.29) is 11.9 Å². The van der Waals surface area contributed by atoms with Gasteiger partial charge in [-0.3, -0.25) is 4.79 Å². The maximum Gasteiger partial charge on any atom is 0.257 e. The first-order chi connectivity index (χ1) is 9.63. The van der Waals surface area contributed by atoms with Crippen LogP contribution in [0.2, 0.25) is 0 Å². The van der Waals surface area contributed by atoms with E-state index in [0.717, 1.165) is 25.7 Å². The maximum absolute atomic E-state index is 12.4. The van der Waals surface area contributed by atoms with Crippen molar-refractivity contribution in [2.45, 2.75) is 44.8 Å². The van der Waals surface area contributed by atoms with E-state index in [2.05, 4.69) is 5.32 Å². The van der Waals surface area contributed by atoms with Gasteiger partial charge in [-0.15, -0.1) is 0 Å². The Morgan fingerprint density at radius 3 is 2.90 bits per heavy atom. The van der Waals surface area contributed by atoms with Gasteiger partial charge in [-0.2, -0.15) is 0 Å². The molecule has 2 atom stereocenters. The number of anilines is 1. The number of hydrogen-bond donors (Lipinski definition) is 3. The summed E-state index contributed by atoms with van der Waals surface area (Å²) in [4.78, 5) is 12.4. The predicted molar refractivity (Wildman–Crippen MR) is 77.8 cm³/mol. The van der Waals surface area contributed by atoms with E-state index in [0.29, 0.717) is 23.6 Å². The van der Waals surface area contributed by atoms with Crippen molar-refractivity contribution < 1.29 is 14.6 Å². The lowest BCUT2D eigenvalue weighted by atomic mass is 9.92. The van der Waals surface area contributed by atoms with Gasteiger partial charge in [0, 0.05) is 5.69 Å². The molecular weight excluding hydrogens is 256 g/mol. The number of amides is 1. The molecule has 1 saturated carbocycles. The van der Waals surface area contributed by atoms with Crippen molar-refractivity contribution >= 4 is 11.6 Å². The lowest BCUT2D eigenvalue weighted by Gasteiger charge is -2.28. The number of nitrogens with one attached hydrogen (secondary N) is 1. The third kappa shape index (κ3) is 3.22. The Balaban J connectivity index is 2.16. The summed E-state index contributed by atoms with van der Waals surface area (Å²) in [6.07, 6.45) is 3.07. The van der Waals surface area contributed by atoms with Crippen LogP contribution < -0.4 is 15.8 Å². The molecule has 1 fully saturated rings. The summed E-state index contributed by atoms with van der Waals surface area (Å²) in [6.45, 7) is 2.32. The molecule has 2 rings (SSSR count). The Bertz CT molecular complexity index is 476. The molecule has 0 spiro atoms. The molecular formula is C15H22N2O3. The molecule has 5 heteroatoms. The zero-order valence-electron chi connectivity index (χ0n) is 11.8. The molecule has 0 unspecified atom stereocenters. The molecule has 1 aromatic rings. The van der Waals surface area contributed by atoms with Crippen LogP contribution in [0.4, 0.5) is 5.69 Å². The summed E-state index contributed by atoms with van der Waals surface area (Å²) >= 11 is 0. The molecule has 0 heterocycles. The molecule has 5 nitrogen and oxygen atoms in total. The van der Waals surface area contributed by atoms with Gasteiger partial charge in [0.25, 0.3) is 5.91 Å². The van der Waals surface area contributed by atoms with Crippen LogP contribution in [0.1, 0.15) is 43.0 Å². The van der Waals surface area contributed by atoms with Crippen molar-refractivity contribution in [1.29, 1.82) is 0 Å². The van der Waals surface area contributed by atoms with Crippen molar-refractivity contribution in [1.82, 2.24) is 5.32 Å². The van der Waals surface area contributed by atoms with Gasteiger partial charge in [-0.1, -0.05) is 18.9 Å². The first-order valence-electron chi connectivity index (χ1n) is 7.13.